The van der Waals surface area contributed by atoms with Crippen LogP contribution in [0.15, 0.2) is 30.3 Å². The lowest BCUT2D eigenvalue weighted by atomic mass is 10.00. The maximum atomic E-state index is 12.6. The number of aliphatic carboxylic acids is 1. The number of hydrogen-bond donors (Lipinski definition) is 2. The van der Waals surface area contributed by atoms with Gasteiger partial charge in [0.2, 0.25) is 5.91 Å². The van der Waals surface area contributed by atoms with Crippen LogP contribution < -0.4 is 5.32 Å². The first-order valence-electron chi connectivity index (χ1n) is 7.71. The SMILES string of the molecule is CSCSC[C@H](NC(=O)[C@H](CSC(C)=O)Cc1ccccc1)C(=O)O. The van der Waals surface area contributed by atoms with Gasteiger partial charge in [-0.1, -0.05) is 42.1 Å². The van der Waals surface area contributed by atoms with Gasteiger partial charge in [-0.3, -0.25) is 9.59 Å². The van der Waals surface area contributed by atoms with E-state index in [1.165, 1.54) is 18.7 Å². The average molecular weight is 402 g/mol. The van der Waals surface area contributed by atoms with Crippen LogP contribution in [0.1, 0.15) is 12.5 Å². The van der Waals surface area contributed by atoms with Crippen LogP contribution in [0.4, 0.5) is 0 Å². The molecule has 1 aromatic rings. The number of rotatable bonds is 11. The lowest BCUT2D eigenvalue weighted by molar-refractivity contribution is -0.141. The van der Waals surface area contributed by atoms with Gasteiger partial charge in [0.25, 0.3) is 0 Å². The molecule has 0 aromatic heterocycles. The minimum atomic E-state index is -1.04. The van der Waals surface area contributed by atoms with Crippen molar-refractivity contribution in [1.82, 2.24) is 5.32 Å². The molecule has 0 heterocycles. The Morgan fingerprint density at radius 3 is 2.40 bits per heavy atom. The van der Waals surface area contributed by atoms with Gasteiger partial charge in [-0.05, 0) is 18.2 Å². The molecular weight excluding hydrogens is 378 g/mol. The van der Waals surface area contributed by atoms with Crippen molar-refractivity contribution >= 4 is 52.3 Å². The second-order valence-corrected chi connectivity index (χ2v) is 8.82. The second-order valence-electron chi connectivity index (χ2n) is 5.37. The molecule has 1 amide bonds. The fraction of sp³-hybridized carbons (Fsp3) is 0.471. The van der Waals surface area contributed by atoms with Gasteiger partial charge in [0.05, 0.1) is 5.92 Å². The van der Waals surface area contributed by atoms with Gasteiger partial charge in [0, 0.05) is 23.5 Å². The first-order valence-corrected chi connectivity index (χ1v) is 11.2. The van der Waals surface area contributed by atoms with Crippen molar-refractivity contribution in [2.24, 2.45) is 5.92 Å². The maximum Gasteiger partial charge on any atom is 0.327 e. The van der Waals surface area contributed by atoms with Gasteiger partial charge in [0.1, 0.15) is 6.04 Å². The average Bonchev–Trinajstić information content (AvgIpc) is 2.58. The Bertz CT molecular complexity index is 568. The molecule has 0 saturated carbocycles. The van der Waals surface area contributed by atoms with Crippen LogP contribution in [0.2, 0.25) is 0 Å². The third kappa shape index (κ3) is 9.23. The summed E-state index contributed by atoms with van der Waals surface area (Å²) >= 11 is 4.17. The van der Waals surface area contributed by atoms with E-state index >= 15 is 0 Å². The second kappa shape index (κ2) is 12.3. The van der Waals surface area contributed by atoms with E-state index in [0.717, 1.165) is 22.4 Å². The Labute approximate surface area is 161 Å². The molecule has 0 bridgehead atoms. The van der Waals surface area contributed by atoms with Gasteiger partial charge in [-0.2, -0.15) is 11.8 Å². The fourth-order valence-electron chi connectivity index (χ4n) is 2.06. The van der Waals surface area contributed by atoms with Gasteiger partial charge < -0.3 is 10.4 Å². The zero-order valence-corrected chi connectivity index (χ0v) is 16.7. The van der Waals surface area contributed by atoms with Crippen molar-refractivity contribution in [3.8, 4) is 0 Å². The zero-order valence-electron chi connectivity index (χ0n) is 14.3. The predicted octanol–water partition coefficient (Wildman–Crippen LogP) is 2.75. The molecule has 1 rings (SSSR count). The molecule has 0 saturated heterocycles. The minimum absolute atomic E-state index is 0.0591. The largest absolute Gasteiger partial charge is 0.480 e. The summed E-state index contributed by atoms with van der Waals surface area (Å²) in [6, 6.07) is 8.59. The van der Waals surface area contributed by atoms with Crippen molar-refractivity contribution < 1.29 is 19.5 Å². The summed E-state index contributed by atoms with van der Waals surface area (Å²) in [7, 11) is 0. The Kier molecular flexibility index (Phi) is 10.8. The van der Waals surface area contributed by atoms with E-state index in [0.29, 0.717) is 17.9 Å². The molecule has 138 valence electrons. The Hall–Kier alpha value is -1.12. The molecule has 0 aliphatic heterocycles. The molecule has 5 nitrogen and oxygen atoms in total. The number of amides is 1. The molecule has 1 aromatic carbocycles. The molecule has 0 aliphatic rings. The lowest BCUT2D eigenvalue weighted by Crippen LogP contribution is -2.46. The number of carbonyl (C=O) groups excluding carboxylic acids is 2. The standard InChI is InChI=1S/C17H23NO4S3/c1-12(19)25-9-14(8-13-6-4-3-5-7-13)16(20)18-15(17(21)22)10-24-11-23-2/h3-7,14-15H,8-11H2,1-2H3,(H,18,20)(H,21,22)/t14-,15-/m0/s1. The summed E-state index contributed by atoms with van der Waals surface area (Å²) in [4.78, 5) is 35.2. The molecule has 0 fully saturated rings. The van der Waals surface area contributed by atoms with Gasteiger partial charge >= 0.3 is 5.97 Å². The summed E-state index contributed by atoms with van der Waals surface area (Å²) < 4.78 is 0. The van der Waals surface area contributed by atoms with E-state index < -0.39 is 17.9 Å². The van der Waals surface area contributed by atoms with E-state index in [1.807, 2.05) is 36.6 Å². The molecule has 2 N–H and O–H groups in total. The first-order chi connectivity index (χ1) is 11.9. The zero-order chi connectivity index (χ0) is 18.7. The van der Waals surface area contributed by atoms with Crippen molar-refractivity contribution in [3.63, 3.8) is 0 Å². The molecule has 0 spiro atoms. The predicted molar refractivity (Wildman–Crippen MR) is 107 cm³/mol. The van der Waals surface area contributed by atoms with Crippen LogP contribution in [0.5, 0.6) is 0 Å². The Morgan fingerprint density at radius 1 is 1.16 bits per heavy atom. The Morgan fingerprint density at radius 2 is 1.84 bits per heavy atom. The van der Waals surface area contributed by atoms with Crippen LogP contribution >= 0.6 is 35.3 Å². The molecule has 0 aliphatic carbocycles. The summed E-state index contributed by atoms with van der Waals surface area (Å²) in [6.45, 7) is 1.46. The van der Waals surface area contributed by atoms with Crippen molar-refractivity contribution in [2.45, 2.75) is 19.4 Å². The fourth-order valence-corrected chi connectivity index (χ4v) is 4.28. The third-order valence-corrected chi connectivity index (χ3v) is 6.44. The van der Waals surface area contributed by atoms with E-state index in [9.17, 15) is 19.5 Å². The lowest BCUT2D eigenvalue weighted by Gasteiger charge is -2.20. The van der Waals surface area contributed by atoms with Gasteiger partial charge in [-0.25, -0.2) is 4.79 Å². The summed E-state index contributed by atoms with van der Waals surface area (Å²) in [5.74, 6) is -1.17. The highest BCUT2D eigenvalue weighted by Crippen LogP contribution is 2.17. The highest BCUT2D eigenvalue weighted by Gasteiger charge is 2.26. The smallest absolute Gasteiger partial charge is 0.327 e. The number of nitrogens with one attached hydrogen (secondary N) is 1. The van der Waals surface area contributed by atoms with E-state index in [4.69, 9.17) is 0 Å². The molecule has 25 heavy (non-hydrogen) atoms. The van der Waals surface area contributed by atoms with Crippen molar-refractivity contribution in [3.05, 3.63) is 35.9 Å². The highest BCUT2D eigenvalue weighted by atomic mass is 32.2. The maximum absolute atomic E-state index is 12.6. The van der Waals surface area contributed by atoms with Gasteiger partial charge in [-0.15, -0.1) is 11.8 Å². The number of carboxylic acid groups (broad SMARTS) is 1. The third-order valence-electron chi connectivity index (χ3n) is 3.28. The number of thioether (sulfide) groups is 3. The number of carbonyl (C=O) groups is 3. The van der Waals surface area contributed by atoms with Gasteiger partial charge in [0.15, 0.2) is 5.12 Å². The molecule has 0 radical (unpaired) electrons. The molecule has 2 atom stereocenters. The Balaban J connectivity index is 2.74. The highest BCUT2D eigenvalue weighted by molar-refractivity contribution is 8.15. The van der Waals surface area contributed by atoms with Crippen LogP contribution in [0.3, 0.4) is 0 Å². The summed E-state index contributed by atoms with van der Waals surface area (Å²) in [6.07, 6.45) is 2.41. The summed E-state index contributed by atoms with van der Waals surface area (Å²) in [5, 5.41) is 12.7. The number of hydrogen-bond acceptors (Lipinski definition) is 6. The van der Waals surface area contributed by atoms with Crippen molar-refractivity contribution in [1.29, 1.82) is 0 Å². The van der Waals surface area contributed by atoms with E-state index in [-0.39, 0.29) is 11.0 Å². The van der Waals surface area contributed by atoms with Crippen LogP contribution in [0, 0.1) is 5.92 Å². The normalized spacial score (nSPS) is 13.0. The monoisotopic (exact) mass is 401 g/mol. The quantitative estimate of drug-likeness (QED) is 0.436. The number of carboxylic acids is 1. The van der Waals surface area contributed by atoms with Crippen LogP contribution in [-0.2, 0) is 20.8 Å². The molecular formula is C17H23NO4S3. The van der Waals surface area contributed by atoms with E-state index in [1.54, 1.807) is 11.8 Å². The molecule has 8 heteroatoms. The summed E-state index contributed by atoms with van der Waals surface area (Å²) in [5.41, 5.74) is 0.982. The van der Waals surface area contributed by atoms with E-state index in [2.05, 4.69) is 5.32 Å². The number of benzene rings is 1. The first kappa shape index (κ1) is 21.9. The van der Waals surface area contributed by atoms with Crippen molar-refractivity contribution in [2.75, 3.05) is 22.8 Å². The van der Waals surface area contributed by atoms with Crippen LogP contribution in [-0.4, -0.2) is 51.0 Å². The molecule has 0 unspecified atom stereocenters. The van der Waals surface area contributed by atoms with Crippen LogP contribution in [0.25, 0.3) is 0 Å². The topological polar surface area (TPSA) is 83.5 Å². The minimum Gasteiger partial charge on any atom is -0.480 e.